The molecule has 1 N–H and O–H groups in total. The van der Waals surface area contributed by atoms with Gasteiger partial charge >= 0.3 is 0 Å². The molecule has 2 rings (SSSR count). The predicted octanol–water partition coefficient (Wildman–Crippen LogP) is 3.79. The second-order valence-corrected chi connectivity index (χ2v) is 7.31. The van der Waals surface area contributed by atoms with Crippen molar-refractivity contribution >= 4 is 5.78 Å². The van der Waals surface area contributed by atoms with E-state index in [9.17, 15) is 9.90 Å². The highest BCUT2D eigenvalue weighted by atomic mass is 16.5. The Morgan fingerprint density at radius 1 is 1.29 bits per heavy atom. The molecule has 4 heteroatoms. The molecule has 0 aromatic carbocycles. The minimum Gasteiger partial charge on any atom is -0.392 e. The van der Waals surface area contributed by atoms with Gasteiger partial charge in [0.15, 0.2) is 5.78 Å². The largest absolute Gasteiger partial charge is 0.392 e. The van der Waals surface area contributed by atoms with Crippen LogP contribution < -0.4 is 0 Å². The van der Waals surface area contributed by atoms with E-state index in [0.29, 0.717) is 31.3 Å². The summed E-state index contributed by atoms with van der Waals surface area (Å²) in [7, 11) is 0. The molecular weight excluding hydrogens is 302 g/mol. The fourth-order valence-corrected chi connectivity index (χ4v) is 4.26. The Kier molecular flexibility index (Phi) is 7.94. The number of ketones is 1. The van der Waals surface area contributed by atoms with Crippen LogP contribution in [0.25, 0.3) is 0 Å². The van der Waals surface area contributed by atoms with E-state index in [-0.39, 0.29) is 23.9 Å². The first kappa shape index (κ1) is 19.1. The molecule has 4 nitrogen and oxygen atoms in total. The number of aliphatic hydroxyl groups excluding tert-OH is 1. The third kappa shape index (κ3) is 5.43. The van der Waals surface area contributed by atoms with Crippen LogP contribution in [0.3, 0.4) is 0 Å². The minimum absolute atomic E-state index is 0.0952. The Labute approximate surface area is 145 Å². The molecule has 5 atom stereocenters. The van der Waals surface area contributed by atoms with E-state index in [0.717, 1.165) is 44.9 Å². The molecule has 0 unspecified atom stereocenters. The lowest BCUT2D eigenvalue weighted by atomic mass is 9.90. The molecule has 0 spiro atoms. The number of carbonyl (C=O) groups is 1. The van der Waals surface area contributed by atoms with Crippen LogP contribution in [0.2, 0.25) is 0 Å². The topological polar surface area (TPSA) is 70.3 Å². The zero-order chi connectivity index (χ0) is 17.4. The van der Waals surface area contributed by atoms with Gasteiger partial charge in [0.05, 0.1) is 18.3 Å². The highest BCUT2D eigenvalue weighted by Gasteiger charge is 2.47. The molecule has 134 valence electrons. The van der Waals surface area contributed by atoms with E-state index in [4.69, 9.17) is 10.00 Å². The summed E-state index contributed by atoms with van der Waals surface area (Å²) < 4.78 is 5.89. The number of unbranched alkanes of at least 4 members (excludes halogenated alkanes) is 3. The van der Waals surface area contributed by atoms with E-state index >= 15 is 0 Å². The number of nitrogens with zero attached hydrogens (tertiary/aromatic N) is 1. The van der Waals surface area contributed by atoms with Gasteiger partial charge in [-0.25, -0.2) is 0 Å². The van der Waals surface area contributed by atoms with Gasteiger partial charge in [-0.1, -0.05) is 25.8 Å². The van der Waals surface area contributed by atoms with Crippen LogP contribution in [-0.2, 0) is 9.53 Å². The number of nitriles is 1. The predicted molar refractivity (Wildman–Crippen MR) is 93.2 cm³/mol. The van der Waals surface area contributed by atoms with Crippen LogP contribution >= 0.6 is 0 Å². The second-order valence-electron chi connectivity index (χ2n) is 7.31. The van der Waals surface area contributed by atoms with E-state index in [1.807, 2.05) is 6.08 Å². The summed E-state index contributed by atoms with van der Waals surface area (Å²) in [5, 5.41) is 18.9. The van der Waals surface area contributed by atoms with Crippen molar-refractivity contribution < 1.29 is 14.6 Å². The lowest BCUT2D eigenvalue weighted by Crippen LogP contribution is -2.20. The lowest BCUT2D eigenvalue weighted by molar-refractivity contribution is -0.114. The molecule has 0 amide bonds. The maximum atomic E-state index is 11.9. The van der Waals surface area contributed by atoms with Gasteiger partial charge in [-0.2, -0.15) is 5.26 Å². The van der Waals surface area contributed by atoms with Gasteiger partial charge in [0.25, 0.3) is 0 Å². The lowest BCUT2D eigenvalue weighted by Gasteiger charge is -2.19. The number of aliphatic hydroxyl groups is 1. The number of hydrogen-bond acceptors (Lipinski definition) is 4. The van der Waals surface area contributed by atoms with Gasteiger partial charge in [-0.3, -0.25) is 4.79 Å². The number of ether oxygens (including phenoxy) is 1. The molecule has 24 heavy (non-hydrogen) atoms. The number of fused-ring (bicyclic) bond motifs is 1. The molecule has 2 saturated carbocycles. The highest BCUT2D eigenvalue weighted by molar-refractivity contribution is 5.89. The van der Waals surface area contributed by atoms with Crippen molar-refractivity contribution in [2.45, 2.75) is 76.9 Å². The van der Waals surface area contributed by atoms with E-state index in [1.165, 1.54) is 0 Å². The second kappa shape index (κ2) is 9.96. The normalized spacial score (nSPS) is 32.1. The maximum absolute atomic E-state index is 11.9. The van der Waals surface area contributed by atoms with Gasteiger partial charge in [-0.05, 0) is 50.0 Å². The Hall–Kier alpha value is -1.18. The molecule has 0 radical (unpaired) electrons. The van der Waals surface area contributed by atoms with Gasteiger partial charge in [-0.15, -0.1) is 0 Å². The summed E-state index contributed by atoms with van der Waals surface area (Å²) >= 11 is 0. The van der Waals surface area contributed by atoms with Crippen molar-refractivity contribution in [3.05, 3.63) is 12.2 Å². The molecule has 0 saturated heterocycles. The summed E-state index contributed by atoms with van der Waals surface area (Å²) in [6.45, 7) is 2.78. The molecule has 0 aromatic heterocycles. The van der Waals surface area contributed by atoms with Gasteiger partial charge in [0, 0.05) is 25.4 Å². The third-order valence-corrected chi connectivity index (χ3v) is 5.51. The van der Waals surface area contributed by atoms with Gasteiger partial charge in [0.2, 0.25) is 0 Å². The molecule has 0 aromatic rings. The summed E-state index contributed by atoms with van der Waals surface area (Å²) in [5.41, 5.74) is 0. The third-order valence-electron chi connectivity index (χ3n) is 5.51. The number of rotatable bonds is 10. The average molecular weight is 333 g/mol. The monoisotopic (exact) mass is 333 g/mol. The number of allylic oxidation sites excluding steroid dienone is 1. The van der Waals surface area contributed by atoms with Crippen molar-refractivity contribution in [1.29, 1.82) is 5.26 Å². The van der Waals surface area contributed by atoms with E-state index in [2.05, 4.69) is 13.0 Å². The highest BCUT2D eigenvalue weighted by Crippen LogP contribution is 2.49. The van der Waals surface area contributed by atoms with Crippen LogP contribution in [0.5, 0.6) is 0 Å². The van der Waals surface area contributed by atoms with Gasteiger partial charge in [0.1, 0.15) is 0 Å². The Balaban J connectivity index is 1.79. The minimum atomic E-state index is -0.320. The summed E-state index contributed by atoms with van der Waals surface area (Å²) in [5.74, 6) is 1.21. The maximum Gasteiger partial charge on any atom is 0.155 e. The number of hydrogen-bond donors (Lipinski definition) is 1. The molecule has 2 fully saturated rings. The molecule has 2 aliphatic rings. The zero-order valence-corrected chi connectivity index (χ0v) is 14.8. The smallest absolute Gasteiger partial charge is 0.155 e. The van der Waals surface area contributed by atoms with Crippen molar-refractivity contribution in [3.8, 4) is 6.07 Å². The summed E-state index contributed by atoms with van der Waals surface area (Å²) in [6.07, 6.45) is 11.5. The van der Waals surface area contributed by atoms with Crippen molar-refractivity contribution in [2.75, 3.05) is 6.61 Å². The molecule has 0 aliphatic heterocycles. The Bertz CT molecular complexity index is 468. The molecule has 0 heterocycles. The van der Waals surface area contributed by atoms with Crippen LogP contribution in [0, 0.1) is 29.1 Å². The fourth-order valence-electron chi connectivity index (χ4n) is 4.26. The van der Waals surface area contributed by atoms with E-state index in [1.54, 1.807) is 6.08 Å². The summed E-state index contributed by atoms with van der Waals surface area (Å²) in [6, 6.07) is 2.14. The van der Waals surface area contributed by atoms with E-state index < -0.39 is 0 Å². The summed E-state index contributed by atoms with van der Waals surface area (Å²) in [4.78, 5) is 11.9. The van der Waals surface area contributed by atoms with Crippen LogP contribution in [-0.4, -0.2) is 29.7 Å². The molecule has 0 bridgehead atoms. The standard InChI is InChI=1S/C20H31NO3/c1-2-3-4-7-16(22)8-9-18-19-14-17(24-11-6-5-10-21)12-15(19)13-20(18)23/h8-9,15,17-20,23H,2-7,11-14H2,1H3/t15-,17+,18+,19+,20+/m0/s1. The van der Waals surface area contributed by atoms with Crippen LogP contribution in [0.4, 0.5) is 0 Å². The van der Waals surface area contributed by atoms with Crippen molar-refractivity contribution in [2.24, 2.45) is 17.8 Å². The Morgan fingerprint density at radius 2 is 2.12 bits per heavy atom. The van der Waals surface area contributed by atoms with Crippen molar-refractivity contribution in [3.63, 3.8) is 0 Å². The number of carbonyl (C=O) groups excluding carboxylic acids is 1. The molecule has 2 aliphatic carbocycles. The first-order valence-electron chi connectivity index (χ1n) is 9.53. The SMILES string of the molecule is CCCCCC(=O)C=C[C@@H]1[C@@H]2C[C@H](OCCCC#N)C[C@H]2C[C@H]1O. The first-order valence-corrected chi connectivity index (χ1v) is 9.53. The zero-order valence-electron chi connectivity index (χ0n) is 14.8. The first-order chi connectivity index (χ1) is 11.7. The quantitative estimate of drug-likeness (QED) is 0.488. The Morgan fingerprint density at radius 3 is 2.88 bits per heavy atom. The average Bonchev–Trinajstić information content (AvgIpc) is 3.06. The molecular formula is C20H31NO3. The van der Waals surface area contributed by atoms with Gasteiger partial charge < -0.3 is 9.84 Å². The fraction of sp³-hybridized carbons (Fsp3) is 0.800. The van der Waals surface area contributed by atoms with Crippen LogP contribution in [0.1, 0.15) is 64.7 Å². The van der Waals surface area contributed by atoms with Crippen molar-refractivity contribution in [1.82, 2.24) is 0 Å². The van der Waals surface area contributed by atoms with Crippen LogP contribution in [0.15, 0.2) is 12.2 Å².